The zero-order valence-electron chi connectivity index (χ0n) is 12.7. The lowest BCUT2D eigenvalue weighted by molar-refractivity contribution is 0.271. The van der Waals surface area contributed by atoms with Crippen LogP contribution >= 0.6 is 0 Å². The fraction of sp³-hybridized carbons (Fsp3) is 0.625. The molecule has 0 amide bonds. The van der Waals surface area contributed by atoms with Crippen LogP contribution in [0.15, 0.2) is 29.2 Å². The van der Waals surface area contributed by atoms with E-state index in [9.17, 15) is 8.42 Å². The standard InChI is InChI=1S/C16H26N2O2S/c1-13-5-4-6-14(11-13)9-10-18-21(19,20)16-8-3-2-7-15(16)12-17/h2-3,7-8,13-14,18H,4-6,9-12,17H2,1H3. The van der Waals surface area contributed by atoms with Crippen LogP contribution in [-0.2, 0) is 16.6 Å². The van der Waals surface area contributed by atoms with E-state index in [1.807, 2.05) is 6.07 Å². The third-order valence-corrected chi connectivity index (χ3v) is 5.93. The Morgan fingerprint density at radius 3 is 2.76 bits per heavy atom. The van der Waals surface area contributed by atoms with Crippen molar-refractivity contribution in [2.75, 3.05) is 6.54 Å². The summed E-state index contributed by atoms with van der Waals surface area (Å²) in [7, 11) is -3.45. The second kappa shape index (κ2) is 7.38. The Labute approximate surface area is 128 Å². The maximum Gasteiger partial charge on any atom is 0.240 e. The Kier molecular flexibility index (Phi) is 5.79. The molecule has 4 nitrogen and oxygen atoms in total. The Bertz CT molecular complexity index is 557. The summed E-state index contributed by atoms with van der Waals surface area (Å²) in [6.45, 7) is 3.03. The predicted octanol–water partition coefficient (Wildman–Crippen LogP) is 2.64. The van der Waals surface area contributed by atoms with E-state index in [2.05, 4.69) is 11.6 Å². The highest BCUT2D eigenvalue weighted by atomic mass is 32.2. The van der Waals surface area contributed by atoms with E-state index < -0.39 is 10.0 Å². The molecular formula is C16H26N2O2S. The predicted molar refractivity (Wildman–Crippen MR) is 85.3 cm³/mol. The van der Waals surface area contributed by atoms with Gasteiger partial charge in [0.1, 0.15) is 0 Å². The first kappa shape index (κ1) is 16.5. The summed E-state index contributed by atoms with van der Waals surface area (Å²) in [5.74, 6) is 1.43. The monoisotopic (exact) mass is 310 g/mol. The van der Waals surface area contributed by atoms with Crippen molar-refractivity contribution in [1.29, 1.82) is 0 Å². The van der Waals surface area contributed by atoms with Crippen LogP contribution in [0.25, 0.3) is 0 Å². The van der Waals surface area contributed by atoms with Gasteiger partial charge in [0, 0.05) is 13.1 Å². The maximum absolute atomic E-state index is 12.4. The van der Waals surface area contributed by atoms with Crippen LogP contribution in [0.3, 0.4) is 0 Å². The van der Waals surface area contributed by atoms with Gasteiger partial charge < -0.3 is 5.73 Å². The molecule has 1 saturated carbocycles. The zero-order chi connectivity index (χ0) is 15.3. The lowest BCUT2D eigenvalue weighted by Gasteiger charge is -2.26. The lowest BCUT2D eigenvalue weighted by atomic mass is 9.81. The number of rotatable bonds is 6. The Morgan fingerprint density at radius 1 is 1.29 bits per heavy atom. The summed E-state index contributed by atoms with van der Waals surface area (Å²) in [4.78, 5) is 0.310. The molecule has 0 aromatic heterocycles. The van der Waals surface area contributed by atoms with Crippen molar-refractivity contribution in [1.82, 2.24) is 4.72 Å². The highest BCUT2D eigenvalue weighted by Gasteiger charge is 2.21. The molecule has 0 radical (unpaired) electrons. The summed E-state index contributed by atoms with van der Waals surface area (Å²) in [6.07, 6.45) is 5.96. The van der Waals surface area contributed by atoms with Crippen molar-refractivity contribution in [3.63, 3.8) is 0 Å². The van der Waals surface area contributed by atoms with E-state index in [1.165, 1.54) is 25.7 Å². The van der Waals surface area contributed by atoms with Crippen molar-refractivity contribution in [2.24, 2.45) is 17.6 Å². The molecule has 2 rings (SSSR count). The smallest absolute Gasteiger partial charge is 0.240 e. The first-order chi connectivity index (χ1) is 10.0. The molecule has 1 aromatic rings. The van der Waals surface area contributed by atoms with Gasteiger partial charge in [0.2, 0.25) is 10.0 Å². The van der Waals surface area contributed by atoms with E-state index in [0.717, 1.165) is 12.3 Å². The molecule has 118 valence electrons. The summed E-state index contributed by atoms with van der Waals surface area (Å²) >= 11 is 0. The van der Waals surface area contributed by atoms with Crippen molar-refractivity contribution in [2.45, 2.75) is 50.5 Å². The second-order valence-corrected chi connectivity index (χ2v) is 7.87. The molecule has 1 fully saturated rings. The fourth-order valence-electron chi connectivity index (χ4n) is 3.23. The minimum atomic E-state index is -3.45. The summed E-state index contributed by atoms with van der Waals surface area (Å²) in [5, 5.41) is 0. The summed E-state index contributed by atoms with van der Waals surface area (Å²) < 4.78 is 27.4. The molecular weight excluding hydrogens is 284 g/mol. The van der Waals surface area contributed by atoms with Crippen LogP contribution in [0.2, 0.25) is 0 Å². The van der Waals surface area contributed by atoms with Crippen LogP contribution in [0.4, 0.5) is 0 Å². The largest absolute Gasteiger partial charge is 0.326 e. The van der Waals surface area contributed by atoms with Gasteiger partial charge in [0.05, 0.1) is 4.90 Å². The first-order valence-electron chi connectivity index (χ1n) is 7.80. The first-order valence-corrected chi connectivity index (χ1v) is 9.29. The van der Waals surface area contributed by atoms with Crippen LogP contribution in [-0.4, -0.2) is 15.0 Å². The molecule has 5 heteroatoms. The summed E-state index contributed by atoms with van der Waals surface area (Å²) in [5.41, 5.74) is 6.28. The minimum absolute atomic E-state index is 0.233. The molecule has 0 saturated heterocycles. The zero-order valence-corrected chi connectivity index (χ0v) is 13.5. The molecule has 1 aliphatic carbocycles. The molecule has 1 aromatic carbocycles. The third-order valence-electron chi connectivity index (χ3n) is 4.37. The molecule has 0 spiro atoms. The molecule has 2 atom stereocenters. The van der Waals surface area contributed by atoms with Gasteiger partial charge in [0.25, 0.3) is 0 Å². The number of nitrogens with one attached hydrogen (secondary N) is 1. The van der Waals surface area contributed by atoms with Gasteiger partial charge >= 0.3 is 0 Å². The second-order valence-electron chi connectivity index (χ2n) is 6.14. The van der Waals surface area contributed by atoms with Crippen molar-refractivity contribution < 1.29 is 8.42 Å². The van der Waals surface area contributed by atoms with Crippen LogP contribution in [0.5, 0.6) is 0 Å². The average Bonchev–Trinajstić information content (AvgIpc) is 2.47. The number of hydrogen-bond donors (Lipinski definition) is 2. The highest BCUT2D eigenvalue weighted by Crippen LogP contribution is 2.30. The molecule has 0 heterocycles. The molecule has 21 heavy (non-hydrogen) atoms. The number of nitrogens with two attached hydrogens (primary N) is 1. The quantitative estimate of drug-likeness (QED) is 0.848. The molecule has 3 N–H and O–H groups in total. The number of sulfonamides is 1. The van der Waals surface area contributed by atoms with Crippen molar-refractivity contribution >= 4 is 10.0 Å². The number of hydrogen-bond acceptors (Lipinski definition) is 3. The fourth-order valence-corrected chi connectivity index (χ4v) is 4.53. The Hall–Kier alpha value is -0.910. The van der Waals surface area contributed by atoms with Crippen molar-refractivity contribution in [3.05, 3.63) is 29.8 Å². The van der Waals surface area contributed by atoms with Crippen LogP contribution in [0, 0.1) is 11.8 Å². The Morgan fingerprint density at radius 2 is 2.05 bits per heavy atom. The van der Waals surface area contributed by atoms with E-state index >= 15 is 0 Å². The molecule has 1 aliphatic rings. The number of benzene rings is 1. The maximum atomic E-state index is 12.4. The topological polar surface area (TPSA) is 72.2 Å². The van der Waals surface area contributed by atoms with E-state index in [0.29, 0.717) is 22.9 Å². The van der Waals surface area contributed by atoms with Gasteiger partial charge in [-0.3, -0.25) is 0 Å². The average molecular weight is 310 g/mol. The third kappa shape index (κ3) is 4.53. The van der Waals surface area contributed by atoms with Gasteiger partial charge in [-0.1, -0.05) is 44.4 Å². The summed E-state index contributed by atoms with van der Waals surface area (Å²) in [6, 6.07) is 6.92. The van der Waals surface area contributed by atoms with E-state index in [-0.39, 0.29) is 6.54 Å². The highest BCUT2D eigenvalue weighted by molar-refractivity contribution is 7.89. The van der Waals surface area contributed by atoms with E-state index in [4.69, 9.17) is 5.73 Å². The molecule has 0 aliphatic heterocycles. The van der Waals surface area contributed by atoms with Gasteiger partial charge in [-0.25, -0.2) is 13.1 Å². The minimum Gasteiger partial charge on any atom is -0.326 e. The molecule has 0 bridgehead atoms. The van der Waals surface area contributed by atoms with Gasteiger partial charge in [0.15, 0.2) is 0 Å². The SMILES string of the molecule is CC1CCCC(CCNS(=O)(=O)c2ccccc2CN)C1. The van der Waals surface area contributed by atoms with Gasteiger partial charge in [-0.2, -0.15) is 0 Å². The normalized spacial score (nSPS) is 23.1. The van der Waals surface area contributed by atoms with Gasteiger partial charge in [-0.05, 0) is 36.3 Å². The van der Waals surface area contributed by atoms with Gasteiger partial charge in [-0.15, -0.1) is 0 Å². The lowest BCUT2D eigenvalue weighted by Crippen LogP contribution is -2.28. The van der Waals surface area contributed by atoms with Crippen LogP contribution < -0.4 is 10.5 Å². The van der Waals surface area contributed by atoms with Crippen molar-refractivity contribution in [3.8, 4) is 0 Å². The Balaban J connectivity index is 1.92. The molecule has 2 unspecified atom stereocenters. The van der Waals surface area contributed by atoms with Crippen LogP contribution in [0.1, 0.15) is 44.6 Å². The van der Waals surface area contributed by atoms with E-state index in [1.54, 1.807) is 18.2 Å².